The molecule has 4 rings (SSSR count). The lowest BCUT2D eigenvalue weighted by Gasteiger charge is -2.25. The maximum Gasteiger partial charge on any atom is 0.412 e. The predicted molar refractivity (Wildman–Crippen MR) is 147 cm³/mol. The van der Waals surface area contributed by atoms with Crippen molar-refractivity contribution in [3.63, 3.8) is 0 Å². The quantitative estimate of drug-likeness (QED) is 0.195. The molecule has 2 amide bonds. The Morgan fingerprint density at radius 1 is 1.08 bits per heavy atom. The standard InChI is InChI=1S/C29H31N3O7/c1-18(7-3-6-10-27(34)32-22-9-5-4-8-21(22)30)28(19-11-13-24(36-2)23(33)15-19)39-29(35)31-20-12-14-25-26(16-20)38-17-37-25/h4-6,8-16,18,28,33H,3,7,17,30H2,1-2H3,(H,31,35)(H,32,34)/b10-6+/t18-,28-/m1/s1. The fraction of sp³-hybridized carbons (Fsp3) is 0.241. The van der Waals surface area contributed by atoms with Gasteiger partial charge in [0.05, 0.1) is 18.5 Å². The van der Waals surface area contributed by atoms with Crippen molar-refractivity contribution in [1.29, 1.82) is 0 Å². The van der Waals surface area contributed by atoms with Gasteiger partial charge in [-0.25, -0.2) is 4.79 Å². The summed E-state index contributed by atoms with van der Waals surface area (Å²) in [6.07, 6.45) is 2.97. The number of ether oxygens (including phenoxy) is 4. The molecule has 204 valence electrons. The highest BCUT2D eigenvalue weighted by atomic mass is 16.7. The fourth-order valence-corrected chi connectivity index (χ4v) is 4.12. The van der Waals surface area contributed by atoms with Crippen LogP contribution in [0.15, 0.2) is 72.8 Å². The highest BCUT2D eigenvalue weighted by Gasteiger charge is 2.25. The molecule has 0 unspecified atom stereocenters. The number of phenols is 1. The first-order valence-corrected chi connectivity index (χ1v) is 12.4. The van der Waals surface area contributed by atoms with Crippen molar-refractivity contribution in [2.75, 3.05) is 30.3 Å². The first kappa shape index (κ1) is 27.2. The van der Waals surface area contributed by atoms with Crippen molar-refractivity contribution < 1.29 is 33.6 Å². The largest absolute Gasteiger partial charge is 0.504 e. The van der Waals surface area contributed by atoms with E-state index in [9.17, 15) is 14.7 Å². The minimum Gasteiger partial charge on any atom is -0.504 e. The molecule has 1 heterocycles. The number of nitrogens with one attached hydrogen (secondary N) is 2. The van der Waals surface area contributed by atoms with Crippen LogP contribution >= 0.6 is 0 Å². The van der Waals surface area contributed by atoms with Crippen LogP contribution in [-0.2, 0) is 9.53 Å². The van der Waals surface area contributed by atoms with Crippen LogP contribution in [0.1, 0.15) is 31.4 Å². The SMILES string of the molecule is COc1ccc([C@H](OC(=O)Nc2ccc3c(c2)OCO3)[C@H](C)CC/C=C/C(=O)Nc2ccccc2N)cc1O. The molecule has 10 nitrogen and oxygen atoms in total. The molecular formula is C29H31N3O7. The van der Waals surface area contributed by atoms with Crippen molar-refractivity contribution in [1.82, 2.24) is 0 Å². The van der Waals surface area contributed by atoms with Crippen molar-refractivity contribution >= 4 is 29.1 Å². The van der Waals surface area contributed by atoms with Crippen LogP contribution in [0.2, 0.25) is 0 Å². The molecule has 10 heteroatoms. The highest BCUT2D eigenvalue weighted by Crippen LogP contribution is 2.37. The summed E-state index contributed by atoms with van der Waals surface area (Å²) in [6, 6.07) is 16.9. The van der Waals surface area contributed by atoms with Crippen molar-refractivity contribution in [2.24, 2.45) is 5.92 Å². The van der Waals surface area contributed by atoms with Crippen LogP contribution in [0, 0.1) is 5.92 Å². The van der Waals surface area contributed by atoms with Gasteiger partial charge in [0.15, 0.2) is 23.0 Å². The number of aromatic hydroxyl groups is 1. The lowest BCUT2D eigenvalue weighted by atomic mass is 9.92. The van der Waals surface area contributed by atoms with Gasteiger partial charge in [0.1, 0.15) is 6.10 Å². The van der Waals surface area contributed by atoms with Gasteiger partial charge in [-0.15, -0.1) is 0 Å². The number of nitrogen functional groups attached to an aromatic ring is 1. The molecule has 39 heavy (non-hydrogen) atoms. The molecule has 0 radical (unpaired) electrons. The van der Waals surface area contributed by atoms with E-state index in [0.29, 0.717) is 52.7 Å². The van der Waals surface area contributed by atoms with Crippen LogP contribution < -0.4 is 30.6 Å². The first-order chi connectivity index (χ1) is 18.8. The van der Waals surface area contributed by atoms with Crippen LogP contribution in [0.3, 0.4) is 0 Å². The smallest absolute Gasteiger partial charge is 0.412 e. The van der Waals surface area contributed by atoms with Gasteiger partial charge in [-0.2, -0.15) is 0 Å². The van der Waals surface area contributed by atoms with E-state index in [1.807, 2.05) is 6.92 Å². The number of amides is 2. The van der Waals surface area contributed by atoms with Gasteiger partial charge in [0.2, 0.25) is 12.7 Å². The maximum absolute atomic E-state index is 12.9. The zero-order valence-electron chi connectivity index (χ0n) is 21.7. The highest BCUT2D eigenvalue weighted by molar-refractivity contribution is 6.01. The lowest BCUT2D eigenvalue weighted by Crippen LogP contribution is -2.22. The third kappa shape index (κ3) is 7.13. The molecule has 3 aromatic rings. The molecule has 0 aliphatic carbocycles. The normalized spacial score (nSPS) is 13.5. The zero-order chi connectivity index (χ0) is 27.8. The summed E-state index contributed by atoms with van der Waals surface area (Å²) >= 11 is 0. The monoisotopic (exact) mass is 533 g/mol. The number of methoxy groups -OCH3 is 1. The van der Waals surface area contributed by atoms with Crippen molar-refractivity contribution in [3.8, 4) is 23.0 Å². The number of para-hydroxylation sites is 2. The van der Waals surface area contributed by atoms with Gasteiger partial charge in [-0.1, -0.05) is 31.2 Å². The van der Waals surface area contributed by atoms with Gasteiger partial charge >= 0.3 is 6.09 Å². The third-order valence-corrected chi connectivity index (χ3v) is 6.18. The second kappa shape index (κ2) is 12.6. The number of carbonyl (C=O) groups excluding carboxylic acids is 2. The molecule has 5 N–H and O–H groups in total. The molecule has 0 aromatic heterocycles. The van der Waals surface area contributed by atoms with Gasteiger partial charge in [-0.05, 0) is 66.8 Å². The van der Waals surface area contributed by atoms with E-state index in [2.05, 4.69) is 10.6 Å². The molecule has 0 fully saturated rings. The van der Waals surface area contributed by atoms with E-state index in [-0.39, 0.29) is 24.4 Å². The predicted octanol–water partition coefficient (Wildman–Crippen LogP) is 5.61. The fourth-order valence-electron chi connectivity index (χ4n) is 4.12. The van der Waals surface area contributed by atoms with E-state index in [1.54, 1.807) is 60.7 Å². The summed E-state index contributed by atoms with van der Waals surface area (Å²) in [4.78, 5) is 25.1. The number of anilines is 3. The Morgan fingerprint density at radius 3 is 2.64 bits per heavy atom. The number of nitrogens with two attached hydrogens (primary N) is 1. The Labute approximate surface area is 226 Å². The van der Waals surface area contributed by atoms with Crippen LogP contribution in [0.4, 0.5) is 21.9 Å². The number of benzene rings is 3. The Morgan fingerprint density at radius 2 is 1.87 bits per heavy atom. The van der Waals surface area contributed by atoms with Gasteiger partial charge in [0, 0.05) is 11.8 Å². The van der Waals surface area contributed by atoms with Gasteiger partial charge < -0.3 is 35.1 Å². The number of hydrogen-bond acceptors (Lipinski definition) is 8. The second-order valence-electron chi connectivity index (χ2n) is 8.98. The molecule has 0 saturated heterocycles. The molecule has 0 bridgehead atoms. The van der Waals surface area contributed by atoms with Crippen LogP contribution in [0.25, 0.3) is 0 Å². The summed E-state index contributed by atoms with van der Waals surface area (Å²) in [7, 11) is 1.46. The summed E-state index contributed by atoms with van der Waals surface area (Å²) in [5, 5.41) is 15.8. The number of carbonyl (C=O) groups is 2. The number of fused-ring (bicyclic) bond motifs is 1. The first-order valence-electron chi connectivity index (χ1n) is 12.4. The summed E-state index contributed by atoms with van der Waals surface area (Å²) in [6.45, 7) is 2.05. The summed E-state index contributed by atoms with van der Waals surface area (Å²) in [5.74, 6) is 0.910. The molecule has 3 aromatic carbocycles. The van der Waals surface area contributed by atoms with E-state index >= 15 is 0 Å². The average Bonchev–Trinajstić information content (AvgIpc) is 3.39. The minimum absolute atomic E-state index is 0.0660. The number of allylic oxidation sites excluding steroid dienone is 1. The Hall–Kier alpha value is -4.86. The van der Waals surface area contributed by atoms with E-state index in [0.717, 1.165) is 0 Å². The molecular weight excluding hydrogens is 502 g/mol. The Kier molecular flexibility index (Phi) is 8.78. The maximum atomic E-state index is 12.9. The molecule has 1 aliphatic rings. The number of rotatable bonds is 10. The Bertz CT molecular complexity index is 1360. The van der Waals surface area contributed by atoms with E-state index in [1.165, 1.54) is 19.3 Å². The van der Waals surface area contributed by atoms with Gasteiger partial charge in [0.25, 0.3) is 0 Å². The topological polar surface area (TPSA) is 141 Å². The summed E-state index contributed by atoms with van der Waals surface area (Å²) < 4.78 is 21.6. The minimum atomic E-state index is -0.692. The average molecular weight is 534 g/mol. The van der Waals surface area contributed by atoms with Crippen molar-refractivity contribution in [3.05, 3.63) is 78.4 Å². The van der Waals surface area contributed by atoms with Gasteiger partial charge in [-0.3, -0.25) is 10.1 Å². The van der Waals surface area contributed by atoms with Crippen LogP contribution in [-0.4, -0.2) is 31.0 Å². The molecule has 2 atom stereocenters. The zero-order valence-corrected chi connectivity index (χ0v) is 21.7. The lowest BCUT2D eigenvalue weighted by molar-refractivity contribution is -0.111. The number of phenolic OH excluding ortho intramolecular Hbond substituents is 1. The van der Waals surface area contributed by atoms with E-state index in [4.69, 9.17) is 24.7 Å². The van der Waals surface area contributed by atoms with Crippen LogP contribution in [0.5, 0.6) is 23.0 Å². The van der Waals surface area contributed by atoms with E-state index < -0.39 is 12.2 Å². The van der Waals surface area contributed by atoms with Crippen molar-refractivity contribution in [2.45, 2.75) is 25.9 Å². The summed E-state index contributed by atoms with van der Waals surface area (Å²) in [5.41, 5.74) is 7.98. The molecule has 0 saturated carbocycles. The second-order valence-corrected chi connectivity index (χ2v) is 8.98. The molecule has 1 aliphatic heterocycles. The molecule has 0 spiro atoms. The Balaban J connectivity index is 1.40. The third-order valence-electron chi connectivity index (χ3n) is 6.18. The number of hydrogen-bond donors (Lipinski definition) is 4.